The first-order chi connectivity index (χ1) is 5.61. The molecule has 0 atom stereocenters. The summed E-state index contributed by atoms with van der Waals surface area (Å²) in [4.78, 5) is 13.1. The third-order valence-corrected chi connectivity index (χ3v) is 2.57. The molecule has 0 aromatic carbocycles. The van der Waals surface area contributed by atoms with Gasteiger partial charge in [0.2, 0.25) is 0 Å². The second-order valence-electron chi connectivity index (χ2n) is 3.67. The Balaban J connectivity index is 2.44. The molecule has 2 heteroatoms. The van der Waals surface area contributed by atoms with Crippen molar-refractivity contribution in [1.82, 2.24) is 4.90 Å². The standard InChI is InChI=1S/C10H17NO/c1-8-4-6-11(7-5-8)9(2)10(3)12/h8H,2,4-7H2,1,3H3. The lowest BCUT2D eigenvalue weighted by Crippen LogP contribution is -2.33. The smallest absolute Gasteiger partial charge is 0.175 e. The van der Waals surface area contributed by atoms with Crippen molar-refractivity contribution < 1.29 is 4.79 Å². The summed E-state index contributed by atoms with van der Waals surface area (Å²) in [5, 5.41) is 0. The Kier molecular flexibility index (Phi) is 2.90. The van der Waals surface area contributed by atoms with Gasteiger partial charge in [-0.2, -0.15) is 0 Å². The number of ketones is 1. The number of nitrogens with zero attached hydrogens (tertiary/aromatic N) is 1. The fourth-order valence-electron chi connectivity index (χ4n) is 1.50. The lowest BCUT2D eigenvalue weighted by Gasteiger charge is -2.32. The minimum atomic E-state index is 0.101. The van der Waals surface area contributed by atoms with Gasteiger partial charge in [-0.1, -0.05) is 13.5 Å². The van der Waals surface area contributed by atoms with Crippen LogP contribution in [-0.2, 0) is 4.79 Å². The van der Waals surface area contributed by atoms with E-state index in [0.717, 1.165) is 19.0 Å². The molecule has 2 nitrogen and oxygen atoms in total. The van der Waals surface area contributed by atoms with Crippen LogP contribution < -0.4 is 0 Å². The molecule has 1 heterocycles. The average Bonchev–Trinajstić information content (AvgIpc) is 2.04. The summed E-state index contributed by atoms with van der Waals surface area (Å²) >= 11 is 0. The molecule has 0 aromatic heterocycles. The maximum Gasteiger partial charge on any atom is 0.175 e. The number of hydrogen-bond acceptors (Lipinski definition) is 2. The molecule has 68 valence electrons. The van der Waals surface area contributed by atoms with Crippen LogP contribution in [-0.4, -0.2) is 23.8 Å². The molecule has 0 amide bonds. The summed E-state index contributed by atoms with van der Waals surface area (Å²) in [5.74, 6) is 0.908. The predicted octanol–water partition coefficient (Wildman–Crippen LogP) is 1.82. The van der Waals surface area contributed by atoms with Crippen LogP contribution in [0.3, 0.4) is 0 Å². The number of allylic oxidation sites excluding steroid dienone is 1. The SMILES string of the molecule is C=C(C(C)=O)N1CCC(C)CC1. The molecule has 0 N–H and O–H groups in total. The van der Waals surface area contributed by atoms with Gasteiger partial charge in [0.05, 0.1) is 5.70 Å². The van der Waals surface area contributed by atoms with E-state index in [0.29, 0.717) is 5.70 Å². The predicted molar refractivity (Wildman–Crippen MR) is 49.8 cm³/mol. The van der Waals surface area contributed by atoms with Gasteiger partial charge < -0.3 is 4.90 Å². The summed E-state index contributed by atoms with van der Waals surface area (Å²) in [5.41, 5.74) is 0.682. The van der Waals surface area contributed by atoms with Crippen LogP contribution >= 0.6 is 0 Å². The number of carbonyl (C=O) groups excluding carboxylic acids is 1. The number of piperidine rings is 1. The van der Waals surface area contributed by atoms with Crippen LogP contribution in [0, 0.1) is 5.92 Å². The number of Topliss-reactive ketones (excluding diaryl/α,β-unsaturated/α-hetero) is 1. The monoisotopic (exact) mass is 167 g/mol. The van der Waals surface area contributed by atoms with E-state index < -0.39 is 0 Å². The van der Waals surface area contributed by atoms with Crippen molar-refractivity contribution in [3.63, 3.8) is 0 Å². The Hall–Kier alpha value is -0.790. The highest BCUT2D eigenvalue weighted by Gasteiger charge is 2.18. The number of likely N-dealkylation sites (tertiary alicyclic amines) is 1. The van der Waals surface area contributed by atoms with Gasteiger partial charge in [-0.3, -0.25) is 4.79 Å². The van der Waals surface area contributed by atoms with Crippen LogP contribution in [0.1, 0.15) is 26.7 Å². The van der Waals surface area contributed by atoms with Crippen molar-refractivity contribution in [1.29, 1.82) is 0 Å². The van der Waals surface area contributed by atoms with Gasteiger partial charge in [0, 0.05) is 20.0 Å². The van der Waals surface area contributed by atoms with E-state index in [1.165, 1.54) is 12.8 Å². The zero-order valence-corrected chi connectivity index (χ0v) is 7.97. The molecule has 1 saturated heterocycles. The highest BCUT2D eigenvalue weighted by molar-refractivity contribution is 5.91. The Morgan fingerprint density at radius 1 is 1.42 bits per heavy atom. The minimum Gasteiger partial charge on any atom is -0.369 e. The van der Waals surface area contributed by atoms with E-state index in [1.807, 2.05) is 0 Å². The van der Waals surface area contributed by atoms with Crippen molar-refractivity contribution in [2.45, 2.75) is 26.7 Å². The molecule has 0 unspecified atom stereocenters. The van der Waals surface area contributed by atoms with Gasteiger partial charge in [-0.25, -0.2) is 0 Å². The molecule has 1 fully saturated rings. The van der Waals surface area contributed by atoms with E-state index >= 15 is 0 Å². The quantitative estimate of drug-likeness (QED) is 0.585. The first kappa shape index (κ1) is 9.30. The fourth-order valence-corrected chi connectivity index (χ4v) is 1.50. The molecular weight excluding hydrogens is 150 g/mol. The summed E-state index contributed by atoms with van der Waals surface area (Å²) in [6, 6.07) is 0. The van der Waals surface area contributed by atoms with Crippen LogP contribution in [0.5, 0.6) is 0 Å². The van der Waals surface area contributed by atoms with Crippen molar-refractivity contribution in [3.8, 4) is 0 Å². The van der Waals surface area contributed by atoms with Crippen molar-refractivity contribution in [2.75, 3.05) is 13.1 Å². The fraction of sp³-hybridized carbons (Fsp3) is 0.700. The largest absolute Gasteiger partial charge is 0.369 e. The summed E-state index contributed by atoms with van der Waals surface area (Å²) in [6.07, 6.45) is 2.37. The Bertz CT molecular complexity index is 190. The summed E-state index contributed by atoms with van der Waals surface area (Å²) in [6.45, 7) is 9.62. The maximum atomic E-state index is 11.0. The van der Waals surface area contributed by atoms with Gasteiger partial charge >= 0.3 is 0 Å². The first-order valence-corrected chi connectivity index (χ1v) is 4.56. The molecular formula is C10H17NO. The van der Waals surface area contributed by atoms with Crippen LogP contribution in [0.15, 0.2) is 12.3 Å². The lowest BCUT2D eigenvalue weighted by molar-refractivity contribution is -0.115. The molecule has 0 radical (unpaired) electrons. The molecule has 1 aliphatic heterocycles. The van der Waals surface area contributed by atoms with Gasteiger partial charge in [0.25, 0.3) is 0 Å². The van der Waals surface area contributed by atoms with Crippen LogP contribution in [0.25, 0.3) is 0 Å². The minimum absolute atomic E-state index is 0.101. The Labute approximate surface area is 74.2 Å². The zero-order chi connectivity index (χ0) is 9.14. The Morgan fingerprint density at radius 3 is 2.33 bits per heavy atom. The van der Waals surface area contributed by atoms with Gasteiger partial charge in [0.1, 0.15) is 0 Å². The van der Waals surface area contributed by atoms with Crippen LogP contribution in [0.2, 0.25) is 0 Å². The molecule has 12 heavy (non-hydrogen) atoms. The molecule has 0 aromatic rings. The summed E-state index contributed by atoms with van der Waals surface area (Å²) < 4.78 is 0. The highest BCUT2D eigenvalue weighted by Crippen LogP contribution is 2.18. The first-order valence-electron chi connectivity index (χ1n) is 4.56. The second kappa shape index (κ2) is 3.74. The van der Waals surface area contributed by atoms with Crippen LogP contribution in [0.4, 0.5) is 0 Å². The van der Waals surface area contributed by atoms with E-state index in [2.05, 4.69) is 18.4 Å². The summed E-state index contributed by atoms with van der Waals surface area (Å²) in [7, 11) is 0. The third-order valence-electron chi connectivity index (χ3n) is 2.57. The van der Waals surface area contributed by atoms with Gasteiger partial charge in [-0.15, -0.1) is 0 Å². The van der Waals surface area contributed by atoms with E-state index in [1.54, 1.807) is 6.92 Å². The molecule has 0 saturated carbocycles. The van der Waals surface area contributed by atoms with Gasteiger partial charge in [-0.05, 0) is 18.8 Å². The number of carbonyl (C=O) groups is 1. The molecule has 0 bridgehead atoms. The molecule has 0 spiro atoms. The lowest BCUT2D eigenvalue weighted by atomic mass is 9.99. The van der Waals surface area contributed by atoms with Crippen molar-refractivity contribution >= 4 is 5.78 Å². The van der Waals surface area contributed by atoms with Gasteiger partial charge in [0.15, 0.2) is 5.78 Å². The van der Waals surface area contributed by atoms with E-state index in [-0.39, 0.29) is 5.78 Å². The van der Waals surface area contributed by atoms with E-state index in [4.69, 9.17) is 0 Å². The second-order valence-corrected chi connectivity index (χ2v) is 3.67. The average molecular weight is 167 g/mol. The van der Waals surface area contributed by atoms with Crippen molar-refractivity contribution in [2.24, 2.45) is 5.92 Å². The van der Waals surface area contributed by atoms with E-state index in [9.17, 15) is 4.79 Å². The highest BCUT2D eigenvalue weighted by atomic mass is 16.1. The normalized spacial score (nSPS) is 19.3. The Morgan fingerprint density at radius 2 is 1.92 bits per heavy atom. The molecule has 0 aliphatic carbocycles. The maximum absolute atomic E-state index is 11.0. The topological polar surface area (TPSA) is 20.3 Å². The molecule has 1 aliphatic rings. The zero-order valence-electron chi connectivity index (χ0n) is 7.97. The number of hydrogen-bond donors (Lipinski definition) is 0. The number of rotatable bonds is 2. The van der Waals surface area contributed by atoms with Crippen molar-refractivity contribution in [3.05, 3.63) is 12.3 Å². The molecule has 1 rings (SSSR count). The third kappa shape index (κ3) is 2.10.